The summed E-state index contributed by atoms with van der Waals surface area (Å²) in [5.74, 6) is 1.19. The van der Waals surface area contributed by atoms with Crippen molar-refractivity contribution in [2.45, 2.75) is 31.3 Å². The summed E-state index contributed by atoms with van der Waals surface area (Å²) in [6, 6.07) is 21.4. The van der Waals surface area contributed by atoms with Crippen LogP contribution in [-0.2, 0) is 12.3 Å². The molecule has 0 aliphatic carbocycles. The molecular weight excluding hydrogens is 464 g/mol. The highest BCUT2D eigenvalue weighted by Crippen LogP contribution is 2.27. The summed E-state index contributed by atoms with van der Waals surface area (Å²) in [4.78, 5) is 23.1. The molecule has 4 rings (SSSR count). The van der Waals surface area contributed by atoms with Crippen molar-refractivity contribution in [2.24, 2.45) is 0 Å². The van der Waals surface area contributed by atoms with E-state index in [9.17, 15) is 14.9 Å². The topological polar surface area (TPSA) is 115 Å². The number of anilines is 1. The number of rotatable bonds is 8. The molecule has 4 aromatic rings. The van der Waals surface area contributed by atoms with Crippen LogP contribution in [0.4, 0.5) is 16.2 Å². The summed E-state index contributed by atoms with van der Waals surface area (Å²) in [5, 5.41) is 26.0. The van der Waals surface area contributed by atoms with E-state index in [2.05, 4.69) is 39.9 Å². The molecule has 10 heteroatoms. The van der Waals surface area contributed by atoms with E-state index in [0.29, 0.717) is 22.4 Å². The number of aryl methyl sites for hydroxylation is 2. The van der Waals surface area contributed by atoms with Crippen molar-refractivity contribution in [3.05, 3.63) is 105 Å². The molecule has 0 aliphatic heterocycles. The minimum absolute atomic E-state index is 0.00628. The van der Waals surface area contributed by atoms with Crippen molar-refractivity contribution in [1.29, 1.82) is 0 Å². The highest BCUT2D eigenvalue weighted by atomic mass is 32.2. The number of urea groups is 1. The van der Waals surface area contributed by atoms with Gasteiger partial charge in [0.15, 0.2) is 11.0 Å². The van der Waals surface area contributed by atoms with Crippen LogP contribution >= 0.6 is 11.8 Å². The first-order valence-corrected chi connectivity index (χ1v) is 11.9. The van der Waals surface area contributed by atoms with Gasteiger partial charge >= 0.3 is 6.03 Å². The standard InChI is InChI=1S/C25H24N6O3S/c1-17-7-3-5-9-19(17)16-35-25-29-28-23(30(25)20-11-13-21(14-12-20)31(33)34)15-26-24(32)27-22-10-6-4-8-18(22)2/h3-14H,15-16H2,1-2H3,(H2,26,27,32). The van der Waals surface area contributed by atoms with E-state index in [1.54, 1.807) is 16.7 Å². The largest absolute Gasteiger partial charge is 0.331 e. The smallest absolute Gasteiger partial charge is 0.319 e. The summed E-state index contributed by atoms with van der Waals surface area (Å²) in [6.45, 7) is 4.09. The lowest BCUT2D eigenvalue weighted by Gasteiger charge is -2.12. The Kier molecular flexibility index (Phi) is 7.41. The molecule has 1 heterocycles. The van der Waals surface area contributed by atoms with E-state index < -0.39 is 4.92 Å². The van der Waals surface area contributed by atoms with Gasteiger partial charge in [-0.1, -0.05) is 54.2 Å². The van der Waals surface area contributed by atoms with Crippen LogP contribution < -0.4 is 10.6 Å². The van der Waals surface area contributed by atoms with Crippen molar-refractivity contribution < 1.29 is 9.72 Å². The molecule has 0 saturated carbocycles. The molecule has 9 nitrogen and oxygen atoms in total. The maximum atomic E-state index is 12.5. The zero-order valence-corrected chi connectivity index (χ0v) is 20.1. The van der Waals surface area contributed by atoms with E-state index >= 15 is 0 Å². The Hall–Kier alpha value is -4.18. The summed E-state index contributed by atoms with van der Waals surface area (Å²) < 4.78 is 1.81. The van der Waals surface area contributed by atoms with Gasteiger partial charge in [0, 0.05) is 29.3 Å². The van der Waals surface area contributed by atoms with Crippen LogP contribution in [0, 0.1) is 24.0 Å². The van der Waals surface area contributed by atoms with Gasteiger partial charge in [-0.3, -0.25) is 14.7 Å². The molecule has 1 aromatic heterocycles. The Morgan fingerprint density at radius 3 is 2.34 bits per heavy atom. The van der Waals surface area contributed by atoms with E-state index in [0.717, 1.165) is 11.3 Å². The van der Waals surface area contributed by atoms with Gasteiger partial charge in [0.2, 0.25) is 0 Å². The van der Waals surface area contributed by atoms with Crippen LogP contribution in [0.5, 0.6) is 0 Å². The summed E-state index contributed by atoms with van der Waals surface area (Å²) in [5.41, 5.74) is 4.68. The van der Waals surface area contributed by atoms with Crippen molar-refractivity contribution in [1.82, 2.24) is 20.1 Å². The molecule has 0 fully saturated rings. The number of thioether (sulfide) groups is 1. The Morgan fingerprint density at radius 1 is 0.971 bits per heavy atom. The van der Waals surface area contributed by atoms with E-state index in [-0.39, 0.29) is 18.3 Å². The average Bonchev–Trinajstić information content (AvgIpc) is 3.26. The molecule has 0 aliphatic rings. The van der Waals surface area contributed by atoms with Crippen LogP contribution in [0.15, 0.2) is 78.0 Å². The van der Waals surface area contributed by atoms with Gasteiger partial charge in [0.05, 0.1) is 11.5 Å². The zero-order chi connectivity index (χ0) is 24.8. The maximum Gasteiger partial charge on any atom is 0.319 e. The monoisotopic (exact) mass is 488 g/mol. The number of aromatic nitrogens is 3. The third-order valence-corrected chi connectivity index (χ3v) is 6.42. The highest BCUT2D eigenvalue weighted by molar-refractivity contribution is 7.98. The number of non-ortho nitro benzene ring substituents is 1. The molecule has 0 saturated heterocycles. The molecule has 0 bridgehead atoms. The maximum absolute atomic E-state index is 12.5. The summed E-state index contributed by atoms with van der Waals surface area (Å²) in [7, 11) is 0. The molecule has 0 unspecified atom stereocenters. The van der Waals surface area contributed by atoms with Crippen LogP contribution in [0.1, 0.15) is 22.5 Å². The number of amides is 2. The van der Waals surface area contributed by atoms with Gasteiger partial charge in [-0.15, -0.1) is 10.2 Å². The number of nitrogens with one attached hydrogen (secondary N) is 2. The lowest BCUT2D eigenvalue weighted by molar-refractivity contribution is -0.384. The molecule has 178 valence electrons. The van der Waals surface area contributed by atoms with Crippen molar-refractivity contribution in [2.75, 3.05) is 5.32 Å². The second kappa shape index (κ2) is 10.8. The number of carbonyl (C=O) groups excluding carboxylic acids is 1. The van der Waals surface area contributed by atoms with E-state index in [4.69, 9.17) is 0 Å². The fourth-order valence-electron chi connectivity index (χ4n) is 3.44. The number of para-hydroxylation sites is 1. The predicted molar refractivity (Wildman–Crippen MR) is 136 cm³/mol. The normalized spacial score (nSPS) is 10.7. The number of hydrogen-bond donors (Lipinski definition) is 2. The Labute approximate surface area is 206 Å². The molecule has 0 radical (unpaired) electrons. The Balaban J connectivity index is 1.56. The first kappa shape index (κ1) is 24.0. The number of carbonyl (C=O) groups is 1. The van der Waals surface area contributed by atoms with Gasteiger partial charge in [0.25, 0.3) is 5.69 Å². The third kappa shape index (κ3) is 5.85. The van der Waals surface area contributed by atoms with Gasteiger partial charge in [0.1, 0.15) is 0 Å². The fraction of sp³-hybridized carbons (Fsp3) is 0.160. The van der Waals surface area contributed by atoms with Gasteiger partial charge in [-0.2, -0.15) is 0 Å². The second-order valence-electron chi connectivity index (χ2n) is 7.85. The third-order valence-electron chi connectivity index (χ3n) is 5.44. The van der Waals surface area contributed by atoms with Crippen molar-refractivity contribution >= 4 is 29.2 Å². The molecule has 35 heavy (non-hydrogen) atoms. The van der Waals surface area contributed by atoms with Gasteiger partial charge < -0.3 is 10.6 Å². The molecular formula is C25H24N6O3S. The Bertz CT molecular complexity index is 1350. The second-order valence-corrected chi connectivity index (χ2v) is 8.79. The van der Waals surface area contributed by atoms with Gasteiger partial charge in [-0.05, 0) is 48.7 Å². The number of hydrogen-bond acceptors (Lipinski definition) is 6. The average molecular weight is 489 g/mol. The Morgan fingerprint density at radius 2 is 1.66 bits per heavy atom. The number of benzene rings is 3. The van der Waals surface area contributed by atoms with Crippen LogP contribution in [0.2, 0.25) is 0 Å². The summed E-state index contributed by atoms with van der Waals surface area (Å²) in [6.07, 6.45) is 0. The first-order chi connectivity index (χ1) is 16.9. The molecule has 3 aromatic carbocycles. The molecule has 0 atom stereocenters. The molecule has 2 N–H and O–H groups in total. The first-order valence-electron chi connectivity index (χ1n) is 10.9. The lowest BCUT2D eigenvalue weighted by atomic mass is 10.1. The van der Waals surface area contributed by atoms with Crippen molar-refractivity contribution in [3.63, 3.8) is 0 Å². The van der Waals surface area contributed by atoms with Crippen LogP contribution in [0.3, 0.4) is 0 Å². The number of nitro groups is 1. The number of nitro benzene ring substituents is 1. The fourth-order valence-corrected chi connectivity index (χ4v) is 4.49. The SMILES string of the molecule is Cc1ccccc1CSc1nnc(CNC(=O)Nc2ccccc2C)n1-c1ccc([N+](=O)[O-])cc1. The molecule has 0 spiro atoms. The zero-order valence-electron chi connectivity index (χ0n) is 19.3. The quantitative estimate of drug-likeness (QED) is 0.195. The highest BCUT2D eigenvalue weighted by Gasteiger charge is 2.17. The predicted octanol–water partition coefficient (Wildman–Crippen LogP) is 5.41. The van der Waals surface area contributed by atoms with Crippen LogP contribution in [-0.4, -0.2) is 25.7 Å². The lowest BCUT2D eigenvalue weighted by Crippen LogP contribution is -2.29. The van der Waals surface area contributed by atoms with Crippen LogP contribution in [0.25, 0.3) is 5.69 Å². The number of nitrogens with zero attached hydrogens (tertiary/aromatic N) is 4. The van der Waals surface area contributed by atoms with Gasteiger partial charge in [-0.25, -0.2) is 4.79 Å². The minimum atomic E-state index is -0.442. The summed E-state index contributed by atoms with van der Waals surface area (Å²) >= 11 is 1.51. The van der Waals surface area contributed by atoms with E-state index in [1.165, 1.54) is 35.0 Å². The minimum Gasteiger partial charge on any atom is -0.331 e. The van der Waals surface area contributed by atoms with E-state index in [1.807, 2.05) is 43.3 Å². The molecule has 2 amide bonds. The van der Waals surface area contributed by atoms with Crippen molar-refractivity contribution in [3.8, 4) is 5.69 Å².